The smallest absolute Gasteiger partial charge is 0.491 e. The molecule has 0 radical (unpaired) electrons. The molecule has 82 heavy (non-hydrogen) atoms. The minimum absolute atomic E-state index is 0. The van der Waals surface area contributed by atoms with Crippen LogP contribution in [0.5, 0.6) is 17.2 Å². The van der Waals surface area contributed by atoms with Crippen LogP contribution in [0.25, 0.3) is 112 Å². The van der Waals surface area contributed by atoms with Gasteiger partial charge in [0.05, 0.1) is 81.2 Å². The van der Waals surface area contributed by atoms with Crippen LogP contribution < -0.4 is 29.5 Å². The van der Waals surface area contributed by atoms with E-state index in [2.05, 4.69) is 25.6 Å². The fraction of sp³-hybridized carbons (Fsp3) is 0.200. The molecule has 0 unspecified atom stereocenters. The van der Waals surface area contributed by atoms with E-state index in [9.17, 15) is 0 Å². The van der Waals surface area contributed by atoms with E-state index in [0.717, 1.165) is 55.0 Å². The molecule has 404 valence electrons. The van der Waals surface area contributed by atoms with Crippen LogP contribution in [0.1, 0.15) is 0 Å². The Morgan fingerprint density at radius 1 is 0.476 bits per heavy atom. The third kappa shape index (κ3) is 11.0. The third-order valence-corrected chi connectivity index (χ3v) is 13.5. The summed E-state index contributed by atoms with van der Waals surface area (Å²) in [6.07, 6.45) is 3.40. The van der Waals surface area contributed by atoms with Crippen LogP contribution in [0.2, 0.25) is 0 Å². The molecular formula is C60H50N14O7Zn. The molecule has 13 rings (SSSR count). The van der Waals surface area contributed by atoms with E-state index >= 15 is 0 Å². The second-order valence-electron chi connectivity index (χ2n) is 18.7. The number of nitrogens with one attached hydrogen (secondary N) is 1. The zero-order valence-electron chi connectivity index (χ0n) is 44.7. The van der Waals surface area contributed by atoms with E-state index in [4.69, 9.17) is 73.0 Å². The third-order valence-electron chi connectivity index (χ3n) is 13.5. The van der Waals surface area contributed by atoms with Gasteiger partial charge in [0.1, 0.15) is 43.4 Å². The van der Waals surface area contributed by atoms with Crippen LogP contribution in [0, 0.1) is 0 Å². The summed E-state index contributed by atoms with van der Waals surface area (Å²) in [5.41, 5.74) is 8.21. The average Bonchev–Trinajstić information content (AvgIpc) is 4.42. The van der Waals surface area contributed by atoms with Crippen LogP contribution in [0.3, 0.4) is 0 Å². The number of hydrogen-bond donors (Lipinski definition) is 1. The molecule has 7 heterocycles. The first kappa shape index (κ1) is 53.5. The number of ether oxygens (including phenoxy) is 7. The molecule has 22 heteroatoms. The van der Waals surface area contributed by atoms with Gasteiger partial charge >= 0.3 is 19.5 Å². The van der Waals surface area contributed by atoms with E-state index in [1.54, 1.807) is 18.9 Å². The normalized spacial score (nSPS) is 11.6. The Morgan fingerprint density at radius 3 is 1.67 bits per heavy atom. The number of aromatic nitrogens is 13. The number of hydrogen-bond acceptors (Lipinski definition) is 18. The molecule has 5 aromatic heterocycles. The number of rotatable bonds is 21. The molecule has 0 saturated carbocycles. The SMILES string of the molecule is COCCOc1cc2ncnc(Nc3cccc(-c4cn(CCOCCOCCOc5cccc6c7nc8nc(nc9[n-]c(nc%10nc(nc([n-]7)c56)-c5ccccc5-%10)c5ccccc95)-c5ccccc5-8)nn4)c3)c2cc1OCCOC.[Zn+2]. The van der Waals surface area contributed by atoms with Crippen molar-refractivity contribution in [2.24, 2.45) is 0 Å². The van der Waals surface area contributed by atoms with Crippen LogP contribution in [0.15, 0.2) is 140 Å². The van der Waals surface area contributed by atoms with Crippen molar-refractivity contribution in [1.82, 2.24) is 64.8 Å². The second-order valence-corrected chi connectivity index (χ2v) is 18.7. The number of benzene rings is 6. The summed E-state index contributed by atoms with van der Waals surface area (Å²) in [7, 11) is 3.25. The van der Waals surface area contributed by atoms with Gasteiger partial charge in [0.2, 0.25) is 0 Å². The zero-order chi connectivity index (χ0) is 54.5. The van der Waals surface area contributed by atoms with Crippen LogP contribution in [0.4, 0.5) is 11.5 Å². The van der Waals surface area contributed by atoms with Crippen molar-refractivity contribution in [3.8, 4) is 74.1 Å². The molecule has 2 aliphatic heterocycles. The molecule has 0 amide bonds. The van der Waals surface area contributed by atoms with Gasteiger partial charge in [-0.3, -0.25) is 0 Å². The van der Waals surface area contributed by atoms with Crippen molar-refractivity contribution in [2.75, 3.05) is 79.0 Å². The van der Waals surface area contributed by atoms with E-state index in [1.165, 1.54) is 6.33 Å². The van der Waals surface area contributed by atoms with Gasteiger partial charge in [-0.1, -0.05) is 102 Å². The Labute approximate surface area is 481 Å². The number of nitrogens with zero attached hydrogens (tertiary/aromatic N) is 13. The van der Waals surface area contributed by atoms with Crippen molar-refractivity contribution in [3.05, 3.63) is 140 Å². The van der Waals surface area contributed by atoms with Crippen molar-refractivity contribution in [3.63, 3.8) is 0 Å². The van der Waals surface area contributed by atoms with Gasteiger partial charge in [0, 0.05) is 87.2 Å². The van der Waals surface area contributed by atoms with Crippen LogP contribution in [-0.4, -0.2) is 129 Å². The standard InChI is InChI=1S/C60H50N14O7.Zn/c1-75-23-28-80-49-32-45-46(33-50(49)81-29-24-76-2)61-35-62-52(45)63-37-12-9-11-36(31-37)47-34-74(73-72-47)21-22-77-25-26-78-27-30-79-48-20-10-19-44-51(48)60-70-58-43-18-8-7-17-42(43)56(68-58)66-54-39-14-4-3-13-38(39)53(64-54)65-55-40-15-5-6-16-41(40)57(67-55)69-59(44)71-60;/h3-20,31-35H,21-30H2,1-2H3,(H-2,61,62,63,64,65,66,67,68,69,70,71);/q-2;+2. The predicted octanol–water partition coefficient (Wildman–Crippen LogP) is 9.23. The molecular weight excluding hydrogens is 1090 g/mol. The molecule has 0 spiro atoms. The largest absolute Gasteiger partial charge is 2.00 e. The van der Waals surface area contributed by atoms with E-state index in [1.807, 2.05) is 134 Å². The molecule has 0 saturated heterocycles. The Bertz CT molecular complexity index is 4300. The average molecular weight is 1140 g/mol. The second kappa shape index (κ2) is 24.3. The molecule has 21 nitrogen and oxygen atoms in total. The molecule has 6 aromatic carbocycles. The van der Waals surface area contributed by atoms with Gasteiger partial charge < -0.3 is 68.4 Å². The van der Waals surface area contributed by atoms with E-state index < -0.39 is 0 Å². The Hall–Kier alpha value is -9.18. The summed E-state index contributed by atoms with van der Waals surface area (Å²) in [6, 6.07) is 41.0. The number of fused-ring (bicyclic) bond motifs is 21. The molecule has 1 N–H and O–H groups in total. The van der Waals surface area contributed by atoms with Gasteiger partial charge in [-0.15, -0.1) is 5.10 Å². The fourth-order valence-corrected chi connectivity index (χ4v) is 9.63. The summed E-state index contributed by atoms with van der Waals surface area (Å²) in [6.45, 7) is 3.76. The summed E-state index contributed by atoms with van der Waals surface area (Å²) in [5, 5.41) is 16.1. The molecule has 0 fully saturated rings. The van der Waals surface area contributed by atoms with Gasteiger partial charge in [0.25, 0.3) is 0 Å². The van der Waals surface area contributed by atoms with Gasteiger partial charge in [0.15, 0.2) is 11.5 Å². The minimum atomic E-state index is 0. The number of anilines is 2. The van der Waals surface area contributed by atoms with Crippen molar-refractivity contribution < 1.29 is 52.6 Å². The van der Waals surface area contributed by atoms with E-state index in [-0.39, 0.29) is 26.1 Å². The Kier molecular flexibility index (Phi) is 15.8. The predicted molar refractivity (Wildman–Crippen MR) is 304 cm³/mol. The first-order chi connectivity index (χ1) is 40.0. The minimum Gasteiger partial charge on any atom is -0.491 e. The molecule has 0 aliphatic carbocycles. The van der Waals surface area contributed by atoms with Gasteiger partial charge in [-0.25, -0.2) is 24.6 Å². The zero-order valence-corrected chi connectivity index (χ0v) is 47.7. The topological polar surface area (TPSA) is 239 Å². The molecule has 2 aliphatic rings. The maximum Gasteiger partial charge on any atom is 2.00 e. The van der Waals surface area contributed by atoms with Gasteiger partial charge in [-0.05, 0) is 40.4 Å². The number of methoxy groups -OCH3 is 2. The van der Waals surface area contributed by atoms with Gasteiger partial charge in [-0.2, -0.15) is 0 Å². The maximum absolute atomic E-state index is 6.44. The Morgan fingerprint density at radius 2 is 1.01 bits per heavy atom. The van der Waals surface area contributed by atoms with Crippen molar-refractivity contribution in [2.45, 2.75) is 6.54 Å². The first-order valence-corrected chi connectivity index (χ1v) is 26.3. The van der Waals surface area contributed by atoms with Crippen molar-refractivity contribution >= 4 is 66.5 Å². The molecule has 0 atom stereocenters. The summed E-state index contributed by atoms with van der Waals surface area (Å²) in [5.74, 6) is 4.19. The van der Waals surface area contributed by atoms with Crippen LogP contribution in [-0.2, 0) is 45.0 Å². The monoisotopic (exact) mass is 1140 g/mol. The molecule has 8 bridgehead atoms. The quantitative estimate of drug-likeness (QED) is 0.0521. The Balaban J connectivity index is 0.00000665. The summed E-state index contributed by atoms with van der Waals surface area (Å²) >= 11 is 0. The van der Waals surface area contributed by atoms with E-state index in [0.29, 0.717) is 145 Å². The summed E-state index contributed by atoms with van der Waals surface area (Å²) < 4.78 is 42.4. The maximum atomic E-state index is 6.44. The van der Waals surface area contributed by atoms with Crippen LogP contribution >= 0.6 is 0 Å². The van der Waals surface area contributed by atoms with Crippen molar-refractivity contribution in [1.29, 1.82) is 0 Å². The summed E-state index contributed by atoms with van der Waals surface area (Å²) in [4.78, 5) is 49.3. The first-order valence-electron chi connectivity index (χ1n) is 26.3. The fourth-order valence-electron chi connectivity index (χ4n) is 9.63. The molecule has 11 aromatic rings.